The maximum atomic E-state index is 12.5. The number of hydrogen-bond acceptors (Lipinski definition) is 3. The molecule has 2 heterocycles. The van der Waals surface area contributed by atoms with Gasteiger partial charge in [0, 0.05) is 25.0 Å². The fourth-order valence-corrected chi connectivity index (χ4v) is 2.53. The molecule has 0 spiro atoms. The zero-order valence-electron chi connectivity index (χ0n) is 12.4. The minimum absolute atomic E-state index is 0.0741. The molecule has 5 nitrogen and oxygen atoms in total. The molecule has 0 atom stereocenters. The van der Waals surface area contributed by atoms with E-state index in [0.29, 0.717) is 28.9 Å². The molecule has 0 saturated carbocycles. The topological polar surface area (TPSA) is 55.2 Å². The van der Waals surface area contributed by atoms with E-state index in [9.17, 15) is 9.59 Å². The lowest BCUT2D eigenvalue weighted by atomic mass is 10.1. The van der Waals surface area contributed by atoms with Gasteiger partial charge in [-0.1, -0.05) is 32.0 Å². The molecule has 0 unspecified atom stereocenters. The fraction of sp³-hybridized carbons (Fsp3) is 0.438. The fourth-order valence-electron chi connectivity index (χ4n) is 2.53. The summed E-state index contributed by atoms with van der Waals surface area (Å²) in [4.78, 5) is 26.8. The average Bonchev–Trinajstić information content (AvgIpc) is 2.39. The number of likely N-dealkylation sites (tertiary alicyclic amines) is 1. The largest absolute Gasteiger partial charge is 0.337 e. The summed E-state index contributed by atoms with van der Waals surface area (Å²) >= 11 is 0. The summed E-state index contributed by atoms with van der Waals surface area (Å²) in [7, 11) is 0. The first kappa shape index (κ1) is 13.8. The molecule has 0 aliphatic carbocycles. The van der Waals surface area contributed by atoms with Gasteiger partial charge in [-0.05, 0) is 18.4 Å². The van der Waals surface area contributed by atoms with Crippen LogP contribution in [0.5, 0.6) is 0 Å². The Morgan fingerprint density at radius 2 is 1.90 bits per heavy atom. The van der Waals surface area contributed by atoms with Crippen LogP contribution >= 0.6 is 0 Å². The van der Waals surface area contributed by atoms with E-state index in [1.165, 1.54) is 4.68 Å². The van der Waals surface area contributed by atoms with Gasteiger partial charge in [0.2, 0.25) is 0 Å². The van der Waals surface area contributed by atoms with E-state index in [-0.39, 0.29) is 11.5 Å². The Morgan fingerprint density at radius 3 is 2.48 bits per heavy atom. The number of aromatic nitrogens is 2. The number of carbonyl (C=O) groups is 1. The van der Waals surface area contributed by atoms with Crippen LogP contribution in [0, 0.1) is 5.92 Å². The number of rotatable bonds is 3. The van der Waals surface area contributed by atoms with Crippen LogP contribution in [0.1, 0.15) is 30.8 Å². The first-order chi connectivity index (χ1) is 10.1. The van der Waals surface area contributed by atoms with Crippen molar-refractivity contribution in [2.24, 2.45) is 5.92 Å². The van der Waals surface area contributed by atoms with E-state index in [1.807, 2.05) is 26.0 Å². The summed E-state index contributed by atoms with van der Waals surface area (Å²) in [5.41, 5.74) is 0.269. The van der Waals surface area contributed by atoms with E-state index in [1.54, 1.807) is 17.0 Å². The first-order valence-corrected chi connectivity index (χ1v) is 7.37. The van der Waals surface area contributed by atoms with E-state index in [2.05, 4.69) is 5.10 Å². The van der Waals surface area contributed by atoms with Gasteiger partial charge < -0.3 is 4.90 Å². The number of nitrogens with zero attached hydrogens (tertiary/aromatic N) is 3. The Labute approximate surface area is 123 Å². The van der Waals surface area contributed by atoms with Crippen LogP contribution in [0.4, 0.5) is 0 Å². The average molecular weight is 285 g/mol. The SMILES string of the molecule is CC(C)Cn1nc(C(=O)N2CCC2)c2ccccc2c1=O. The molecule has 1 aliphatic heterocycles. The minimum atomic E-state index is -0.126. The summed E-state index contributed by atoms with van der Waals surface area (Å²) in [6.07, 6.45) is 1.04. The molecule has 110 valence electrons. The predicted molar refractivity (Wildman–Crippen MR) is 81.4 cm³/mol. The zero-order valence-corrected chi connectivity index (χ0v) is 12.4. The second-order valence-electron chi connectivity index (χ2n) is 5.92. The lowest BCUT2D eigenvalue weighted by Crippen LogP contribution is -2.43. The lowest BCUT2D eigenvalue weighted by Gasteiger charge is -2.30. The maximum absolute atomic E-state index is 12.5. The molecule has 3 rings (SSSR count). The number of amides is 1. The maximum Gasteiger partial charge on any atom is 0.274 e. The molecule has 1 aromatic carbocycles. The zero-order chi connectivity index (χ0) is 15.0. The van der Waals surface area contributed by atoms with E-state index < -0.39 is 0 Å². The third-order valence-electron chi connectivity index (χ3n) is 3.75. The quantitative estimate of drug-likeness (QED) is 0.865. The Bertz CT molecular complexity index is 745. The van der Waals surface area contributed by atoms with Crippen molar-refractivity contribution in [1.82, 2.24) is 14.7 Å². The third kappa shape index (κ3) is 2.44. The van der Waals surface area contributed by atoms with Gasteiger partial charge in [0.05, 0.1) is 5.39 Å². The van der Waals surface area contributed by atoms with Crippen molar-refractivity contribution in [2.75, 3.05) is 13.1 Å². The Balaban J connectivity index is 2.19. The molecule has 1 fully saturated rings. The molecule has 1 saturated heterocycles. The van der Waals surface area contributed by atoms with Crippen LogP contribution in [-0.2, 0) is 6.54 Å². The summed E-state index contributed by atoms with van der Waals surface area (Å²) in [5.74, 6) is 0.221. The summed E-state index contributed by atoms with van der Waals surface area (Å²) in [6, 6.07) is 7.23. The summed E-state index contributed by atoms with van der Waals surface area (Å²) < 4.78 is 1.43. The Kier molecular flexibility index (Phi) is 3.49. The Morgan fingerprint density at radius 1 is 1.24 bits per heavy atom. The van der Waals surface area contributed by atoms with Gasteiger partial charge in [0.15, 0.2) is 5.69 Å². The molecular weight excluding hydrogens is 266 g/mol. The van der Waals surface area contributed by atoms with Crippen molar-refractivity contribution in [3.63, 3.8) is 0 Å². The van der Waals surface area contributed by atoms with Gasteiger partial charge in [-0.25, -0.2) is 4.68 Å². The lowest BCUT2D eigenvalue weighted by molar-refractivity contribution is 0.0645. The van der Waals surface area contributed by atoms with Crippen LogP contribution in [0.15, 0.2) is 29.1 Å². The van der Waals surface area contributed by atoms with Gasteiger partial charge in [0.25, 0.3) is 11.5 Å². The molecule has 5 heteroatoms. The molecule has 1 amide bonds. The molecule has 0 radical (unpaired) electrons. The second kappa shape index (κ2) is 5.31. The van der Waals surface area contributed by atoms with Gasteiger partial charge in [-0.3, -0.25) is 9.59 Å². The van der Waals surface area contributed by atoms with Crippen LogP contribution < -0.4 is 5.56 Å². The smallest absolute Gasteiger partial charge is 0.274 e. The second-order valence-corrected chi connectivity index (χ2v) is 5.92. The highest BCUT2D eigenvalue weighted by atomic mass is 16.2. The van der Waals surface area contributed by atoms with Crippen LogP contribution in [0.2, 0.25) is 0 Å². The molecule has 1 aliphatic rings. The monoisotopic (exact) mass is 285 g/mol. The normalized spacial score (nSPS) is 14.5. The van der Waals surface area contributed by atoms with Crippen molar-refractivity contribution in [2.45, 2.75) is 26.8 Å². The first-order valence-electron chi connectivity index (χ1n) is 7.37. The molecule has 2 aromatic rings. The van der Waals surface area contributed by atoms with Crippen molar-refractivity contribution >= 4 is 16.7 Å². The van der Waals surface area contributed by atoms with E-state index in [4.69, 9.17) is 0 Å². The van der Waals surface area contributed by atoms with Crippen molar-refractivity contribution < 1.29 is 4.79 Å². The van der Waals surface area contributed by atoms with Crippen LogP contribution in [-0.4, -0.2) is 33.7 Å². The van der Waals surface area contributed by atoms with Gasteiger partial charge in [-0.2, -0.15) is 5.10 Å². The highest BCUT2D eigenvalue weighted by Gasteiger charge is 2.25. The van der Waals surface area contributed by atoms with Crippen molar-refractivity contribution in [3.05, 3.63) is 40.3 Å². The standard InChI is InChI=1S/C16H19N3O2/c1-11(2)10-19-15(20)13-7-4-3-6-12(13)14(17-19)16(21)18-8-5-9-18/h3-4,6-7,11H,5,8-10H2,1-2H3. The van der Waals surface area contributed by atoms with Crippen LogP contribution in [0.3, 0.4) is 0 Å². The molecule has 0 bridgehead atoms. The van der Waals surface area contributed by atoms with Gasteiger partial charge >= 0.3 is 0 Å². The van der Waals surface area contributed by atoms with Gasteiger partial charge in [0.1, 0.15) is 0 Å². The third-order valence-corrected chi connectivity index (χ3v) is 3.75. The van der Waals surface area contributed by atoms with E-state index in [0.717, 1.165) is 19.5 Å². The van der Waals surface area contributed by atoms with Crippen LogP contribution in [0.25, 0.3) is 10.8 Å². The molecule has 1 aromatic heterocycles. The predicted octanol–water partition coefficient (Wildman–Crippen LogP) is 1.90. The molecule has 0 N–H and O–H groups in total. The molecule has 21 heavy (non-hydrogen) atoms. The number of hydrogen-bond donors (Lipinski definition) is 0. The Hall–Kier alpha value is -2.17. The van der Waals surface area contributed by atoms with Crippen molar-refractivity contribution in [3.8, 4) is 0 Å². The number of benzene rings is 1. The van der Waals surface area contributed by atoms with Crippen molar-refractivity contribution in [1.29, 1.82) is 0 Å². The molecular formula is C16H19N3O2. The highest BCUT2D eigenvalue weighted by molar-refractivity contribution is 6.05. The number of carbonyl (C=O) groups excluding carboxylic acids is 1. The minimum Gasteiger partial charge on any atom is -0.337 e. The van der Waals surface area contributed by atoms with E-state index >= 15 is 0 Å². The highest BCUT2D eigenvalue weighted by Crippen LogP contribution is 2.18. The summed E-state index contributed by atoms with van der Waals surface area (Å²) in [5, 5.41) is 5.58. The number of fused-ring (bicyclic) bond motifs is 1. The van der Waals surface area contributed by atoms with Gasteiger partial charge in [-0.15, -0.1) is 0 Å². The summed E-state index contributed by atoms with van der Waals surface area (Å²) in [6.45, 7) is 6.13.